The van der Waals surface area contributed by atoms with E-state index in [0.717, 1.165) is 67.6 Å². The summed E-state index contributed by atoms with van der Waals surface area (Å²) in [5.74, 6) is 0.285. The van der Waals surface area contributed by atoms with Gasteiger partial charge in [0.25, 0.3) is 5.91 Å². The van der Waals surface area contributed by atoms with Gasteiger partial charge in [-0.3, -0.25) is 14.4 Å². The predicted molar refractivity (Wildman–Crippen MR) is 198 cm³/mol. The average Bonchev–Trinajstić information content (AvgIpc) is 3.69. The zero-order valence-corrected chi connectivity index (χ0v) is 29.5. The maximum absolute atomic E-state index is 13.6. The third kappa shape index (κ3) is 10.4. The number of carbonyl (C=O) groups is 3. The van der Waals surface area contributed by atoms with Crippen LogP contribution in [0.5, 0.6) is 0 Å². The molecule has 0 bridgehead atoms. The zero-order chi connectivity index (χ0) is 34.6. The van der Waals surface area contributed by atoms with Crippen molar-refractivity contribution in [2.75, 3.05) is 38.0 Å². The molecule has 12 nitrogen and oxygen atoms in total. The van der Waals surface area contributed by atoms with Crippen LogP contribution in [0.3, 0.4) is 0 Å². The molecule has 13 heteroatoms. The monoisotopic (exact) mass is 701 g/mol. The van der Waals surface area contributed by atoms with E-state index in [0.29, 0.717) is 42.5 Å². The van der Waals surface area contributed by atoms with Crippen LogP contribution in [0.1, 0.15) is 55.5 Å². The van der Waals surface area contributed by atoms with Crippen molar-refractivity contribution in [3.8, 4) is 22.5 Å². The molecule has 0 aliphatic heterocycles. The topological polar surface area (TPSA) is 171 Å². The number of anilines is 1. The minimum Gasteiger partial charge on any atom is -0.351 e. The predicted octanol–water partition coefficient (Wildman–Crippen LogP) is 4.46. The number of halogens is 1. The number of benzene rings is 3. The smallest absolute Gasteiger partial charge is 0.251 e. The highest BCUT2D eigenvalue weighted by Crippen LogP contribution is 2.28. The Hall–Kier alpha value is -4.65. The van der Waals surface area contributed by atoms with Gasteiger partial charge in [0, 0.05) is 42.2 Å². The van der Waals surface area contributed by atoms with E-state index < -0.39 is 6.04 Å². The first-order chi connectivity index (χ1) is 23.9. The van der Waals surface area contributed by atoms with E-state index in [2.05, 4.69) is 55.3 Å². The molecule has 1 aromatic heterocycles. The molecule has 3 aromatic carbocycles. The van der Waals surface area contributed by atoms with Gasteiger partial charge in [0.05, 0.1) is 0 Å². The van der Waals surface area contributed by atoms with E-state index in [9.17, 15) is 14.4 Å². The van der Waals surface area contributed by atoms with Gasteiger partial charge in [-0.05, 0) is 110 Å². The minimum atomic E-state index is -0.776. The molecule has 4 aromatic rings. The summed E-state index contributed by atoms with van der Waals surface area (Å²) in [4.78, 5) is 41.9. The second kappa shape index (κ2) is 18.9. The number of nitrogens with two attached hydrogens (primary N) is 1. The normalized spacial score (nSPS) is 16.2. The number of carbonyl (C=O) groups excluding carboxylic acids is 3. The van der Waals surface area contributed by atoms with E-state index in [-0.39, 0.29) is 36.0 Å². The summed E-state index contributed by atoms with van der Waals surface area (Å²) < 4.78 is 0. The number of likely N-dealkylation sites (N-methyl/N-ethyl adjacent to an activating group) is 1. The molecule has 6 N–H and O–H groups in total. The highest BCUT2D eigenvalue weighted by atomic mass is 35.5. The van der Waals surface area contributed by atoms with Gasteiger partial charge in [0.1, 0.15) is 6.04 Å². The van der Waals surface area contributed by atoms with Crippen molar-refractivity contribution in [3.63, 3.8) is 0 Å². The standard InChI is InChI=1S/C37H47N9O3.ClH/c1-3-46(4-2)22-21-39-35(47)30-15-13-28(14-16-30)27-9-5-25(6-10-27)23-33(41-36(48)31-11-7-26(24-38)8-12-31)37(49)40-32-19-17-29(18-20-32)34-42-44-45-43-34;/h5-6,9-10,13-20,26,31,33H,3-4,7-8,11-12,21-24,38H2,1-2H3,(H,39,47)(H,40,49)(H,41,48)(H,42,43,44,45);1H/t26-,31-,33-;/m0./s1. The average molecular weight is 702 g/mol. The molecule has 1 atom stereocenters. The fourth-order valence-electron chi connectivity index (χ4n) is 6.23. The number of aromatic nitrogens is 4. The summed E-state index contributed by atoms with van der Waals surface area (Å²) in [5, 5.41) is 23.0. The molecule has 1 fully saturated rings. The molecule has 0 radical (unpaired) electrons. The first kappa shape index (κ1) is 38.2. The Labute approximate surface area is 299 Å². The van der Waals surface area contributed by atoms with Crippen molar-refractivity contribution in [3.05, 3.63) is 83.9 Å². The number of aromatic amines is 1. The van der Waals surface area contributed by atoms with Crippen molar-refractivity contribution in [2.24, 2.45) is 17.6 Å². The molecule has 50 heavy (non-hydrogen) atoms. The number of nitrogens with one attached hydrogen (secondary N) is 4. The number of amides is 3. The summed E-state index contributed by atoms with van der Waals surface area (Å²) in [7, 11) is 0. The first-order valence-electron chi connectivity index (χ1n) is 17.2. The maximum atomic E-state index is 13.6. The van der Waals surface area contributed by atoms with Gasteiger partial charge in [-0.1, -0.05) is 50.2 Å². The largest absolute Gasteiger partial charge is 0.351 e. The highest BCUT2D eigenvalue weighted by molar-refractivity contribution is 5.98. The first-order valence-corrected chi connectivity index (χ1v) is 17.2. The molecule has 1 aliphatic rings. The van der Waals surface area contributed by atoms with Crippen molar-refractivity contribution in [2.45, 2.75) is 52.0 Å². The Morgan fingerprint density at radius 2 is 1.50 bits per heavy atom. The number of rotatable bonds is 15. The molecule has 1 saturated carbocycles. The van der Waals surface area contributed by atoms with Crippen molar-refractivity contribution in [1.82, 2.24) is 36.2 Å². The van der Waals surface area contributed by atoms with E-state index in [4.69, 9.17) is 5.73 Å². The fraction of sp³-hybridized carbons (Fsp3) is 0.405. The number of tetrazole rings is 1. The fourth-order valence-corrected chi connectivity index (χ4v) is 6.23. The van der Waals surface area contributed by atoms with Crippen LogP contribution in [0.15, 0.2) is 72.8 Å². The lowest BCUT2D eigenvalue weighted by molar-refractivity contribution is -0.130. The second-order valence-electron chi connectivity index (χ2n) is 12.6. The van der Waals surface area contributed by atoms with Crippen molar-refractivity contribution >= 4 is 35.8 Å². The highest BCUT2D eigenvalue weighted by Gasteiger charge is 2.29. The van der Waals surface area contributed by atoms with Gasteiger partial charge in [-0.15, -0.1) is 22.6 Å². The van der Waals surface area contributed by atoms with Gasteiger partial charge >= 0.3 is 0 Å². The van der Waals surface area contributed by atoms with Crippen LogP contribution in [0, 0.1) is 11.8 Å². The molecule has 5 rings (SSSR count). The number of nitrogens with zero attached hydrogens (tertiary/aromatic N) is 4. The van der Waals surface area contributed by atoms with E-state index in [1.165, 1.54) is 0 Å². The summed E-state index contributed by atoms with van der Waals surface area (Å²) in [6, 6.07) is 21.9. The number of hydrogen-bond donors (Lipinski definition) is 5. The van der Waals surface area contributed by atoms with E-state index in [1.807, 2.05) is 48.5 Å². The Morgan fingerprint density at radius 3 is 2.08 bits per heavy atom. The molecular formula is C37H48ClN9O3. The van der Waals surface area contributed by atoms with Crippen LogP contribution in [-0.2, 0) is 16.0 Å². The Balaban J connectivity index is 0.00000562. The number of H-pyrrole nitrogens is 1. The van der Waals surface area contributed by atoms with Crippen LogP contribution in [0.4, 0.5) is 5.69 Å². The molecule has 3 amide bonds. The molecular weight excluding hydrogens is 654 g/mol. The molecule has 0 unspecified atom stereocenters. The van der Waals surface area contributed by atoms with Crippen LogP contribution >= 0.6 is 12.4 Å². The van der Waals surface area contributed by atoms with E-state index >= 15 is 0 Å². The summed E-state index contributed by atoms with van der Waals surface area (Å²) in [6.45, 7) is 8.20. The third-order valence-corrected chi connectivity index (χ3v) is 9.42. The molecule has 1 aliphatic carbocycles. The van der Waals surface area contributed by atoms with Gasteiger partial charge in [-0.25, -0.2) is 0 Å². The number of hydrogen-bond acceptors (Lipinski definition) is 8. The summed E-state index contributed by atoms with van der Waals surface area (Å²) >= 11 is 0. The van der Waals surface area contributed by atoms with Crippen molar-refractivity contribution < 1.29 is 14.4 Å². The lowest BCUT2D eigenvalue weighted by atomic mass is 9.81. The lowest BCUT2D eigenvalue weighted by Gasteiger charge is -2.28. The second-order valence-corrected chi connectivity index (χ2v) is 12.6. The van der Waals surface area contributed by atoms with Gasteiger partial charge in [-0.2, -0.15) is 5.21 Å². The van der Waals surface area contributed by atoms with Gasteiger partial charge in [0.2, 0.25) is 17.6 Å². The van der Waals surface area contributed by atoms with Crippen LogP contribution in [0.2, 0.25) is 0 Å². The molecule has 1 heterocycles. The van der Waals surface area contributed by atoms with Gasteiger partial charge in [0.15, 0.2) is 0 Å². The minimum absolute atomic E-state index is 0. The summed E-state index contributed by atoms with van der Waals surface area (Å²) in [6.07, 6.45) is 3.70. The van der Waals surface area contributed by atoms with E-state index in [1.54, 1.807) is 24.3 Å². The Morgan fingerprint density at radius 1 is 0.880 bits per heavy atom. The third-order valence-electron chi connectivity index (χ3n) is 9.42. The molecule has 0 spiro atoms. The lowest BCUT2D eigenvalue weighted by Crippen LogP contribution is -2.48. The van der Waals surface area contributed by atoms with Crippen LogP contribution < -0.4 is 21.7 Å². The zero-order valence-electron chi connectivity index (χ0n) is 28.7. The SMILES string of the molecule is CCN(CC)CCNC(=O)c1ccc(-c2ccc(C[C@H](NC(=O)[C@H]3CC[C@H](CN)CC3)C(=O)Nc3ccc(-c4nn[nH]n4)cc3)cc2)cc1.Cl. The maximum Gasteiger partial charge on any atom is 0.251 e. The van der Waals surface area contributed by atoms with Gasteiger partial charge < -0.3 is 26.6 Å². The van der Waals surface area contributed by atoms with Crippen molar-refractivity contribution in [1.29, 1.82) is 0 Å². The molecule has 266 valence electrons. The Kier molecular flexibility index (Phi) is 14.4. The van der Waals surface area contributed by atoms with Crippen LogP contribution in [-0.4, -0.2) is 82.0 Å². The Bertz CT molecular complexity index is 1640. The summed E-state index contributed by atoms with van der Waals surface area (Å²) in [5.41, 5.74) is 10.7. The quantitative estimate of drug-likeness (QED) is 0.121. The van der Waals surface area contributed by atoms with Crippen LogP contribution in [0.25, 0.3) is 22.5 Å². The molecule has 0 saturated heterocycles.